The highest BCUT2D eigenvalue weighted by Crippen LogP contribution is 2.29. The van der Waals surface area contributed by atoms with Gasteiger partial charge >= 0.3 is 0 Å². The van der Waals surface area contributed by atoms with Crippen molar-refractivity contribution in [3.8, 4) is 17.0 Å². The molecule has 3 rings (SSSR count). The number of fused-ring (bicyclic) bond motifs is 1. The lowest BCUT2D eigenvalue weighted by atomic mass is 10.1. The normalized spacial score (nSPS) is 10.6. The van der Waals surface area contributed by atoms with Crippen LogP contribution in [0.4, 0.5) is 0 Å². The number of hydrogen-bond donors (Lipinski definition) is 0. The topological polar surface area (TPSA) is 52.3 Å². The average Bonchev–Trinajstić information content (AvgIpc) is 2.82. The second-order valence-electron chi connectivity index (χ2n) is 3.51. The zero-order valence-corrected chi connectivity index (χ0v) is 9.24. The summed E-state index contributed by atoms with van der Waals surface area (Å²) in [4.78, 5) is 8.48. The van der Waals surface area contributed by atoms with E-state index in [0.717, 1.165) is 16.8 Å². The molecule has 0 N–H and O–H groups in total. The molecule has 0 fully saturated rings. The lowest BCUT2D eigenvalue weighted by Crippen LogP contribution is -1.92. The van der Waals surface area contributed by atoms with Gasteiger partial charge in [-0.05, 0) is 18.2 Å². The molecule has 5 nitrogen and oxygen atoms in total. The molecule has 0 radical (unpaired) electrons. The van der Waals surface area contributed by atoms with Crippen molar-refractivity contribution in [2.24, 2.45) is 0 Å². The van der Waals surface area contributed by atoms with Gasteiger partial charge in [-0.2, -0.15) is 5.10 Å². The number of nitrogens with zero attached hydrogens (tertiary/aromatic N) is 4. The van der Waals surface area contributed by atoms with Crippen LogP contribution in [0.1, 0.15) is 0 Å². The summed E-state index contributed by atoms with van der Waals surface area (Å²) in [5.74, 6) is 0.577. The van der Waals surface area contributed by atoms with Crippen molar-refractivity contribution in [2.45, 2.75) is 0 Å². The van der Waals surface area contributed by atoms with Crippen molar-refractivity contribution in [3.05, 3.63) is 43.0 Å². The SMILES string of the molecule is COc1ncccc1-c1cnn2cccnc12. The largest absolute Gasteiger partial charge is 0.481 e. The van der Waals surface area contributed by atoms with Crippen LogP contribution in [0.25, 0.3) is 16.8 Å². The summed E-state index contributed by atoms with van der Waals surface area (Å²) in [6, 6.07) is 5.64. The summed E-state index contributed by atoms with van der Waals surface area (Å²) in [7, 11) is 1.60. The Hall–Kier alpha value is -2.43. The highest BCUT2D eigenvalue weighted by Gasteiger charge is 2.12. The first kappa shape index (κ1) is 9.77. The lowest BCUT2D eigenvalue weighted by molar-refractivity contribution is 0.400. The Morgan fingerprint density at radius 2 is 2.00 bits per heavy atom. The van der Waals surface area contributed by atoms with E-state index in [9.17, 15) is 0 Å². The Balaban J connectivity index is 2.27. The van der Waals surface area contributed by atoms with Crippen LogP contribution in [0.2, 0.25) is 0 Å². The van der Waals surface area contributed by atoms with Crippen LogP contribution in [0.5, 0.6) is 5.88 Å². The van der Waals surface area contributed by atoms with E-state index in [0.29, 0.717) is 5.88 Å². The monoisotopic (exact) mass is 226 g/mol. The van der Waals surface area contributed by atoms with Gasteiger partial charge in [-0.3, -0.25) is 0 Å². The third-order valence-electron chi connectivity index (χ3n) is 2.53. The second kappa shape index (κ2) is 3.86. The van der Waals surface area contributed by atoms with Crippen LogP contribution < -0.4 is 4.74 Å². The van der Waals surface area contributed by atoms with Crippen LogP contribution in [0, 0.1) is 0 Å². The molecule has 0 bridgehead atoms. The number of rotatable bonds is 2. The van der Waals surface area contributed by atoms with Gasteiger partial charge in [-0.15, -0.1) is 0 Å². The molecular formula is C12H10N4O. The molecule has 17 heavy (non-hydrogen) atoms. The van der Waals surface area contributed by atoms with E-state index in [1.807, 2.05) is 24.4 Å². The molecule has 0 atom stereocenters. The number of pyridine rings is 1. The molecule has 5 heteroatoms. The molecule has 0 aromatic carbocycles. The number of methoxy groups -OCH3 is 1. The standard InChI is InChI=1S/C12H10N4O/c1-17-12-9(4-2-5-14-12)10-8-15-16-7-3-6-13-11(10)16/h2-8H,1H3. The summed E-state index contributed by atoms with van der Waals surface area (Å²) in [5, 5.41) is 4.24. The van der Waals surface area contributed by atoms with E-state index in [4.69, 9.17) is 4.74 Å². The molecule has 0 spiro atoms. The Kier molecular flexibility index (Phi) is 2.22. The molecule has 0 unspecified atom stereocenters. The van der Waals surface area contributed by atoms with E-state index < -0.39 is 0 Å². The maximum Gasteiger partial charge on any atom is 0.221 e. The van der Waals surface area contributed by atoms with Gasteiger partial charge in [-0.1, -0.05) is 0 Å². The van der Waals surface area contributed by atoms with Gasteiger partial charge < -0.3 is 4.74 Å². The quantitative estimate of drug-likeness (QED) is 0.668. The summed E-state index contributed by atoms with van der Waals surface area (Å²) in [6.07, 6.45) is 7.06. The number of ether oxygens (including phenoxy) is 1. The van der Waals surface area contributed by atoms with Crippen molar-refractivity contribution >= 4 is 5.65 Å². The Bertz CT molecular complexity index is 662. The molecule has 0 aliphatic heterocycles. The Morgan fingerprint density at radius 3 is 2.88 bits per heavy atom. The molecule has 0 aliphatic carbocycles. The van der Waals surface area contributed by atoms with Crippen LogP contribution in [-0.2, 0) is 0 Å². The second-order valence-corrected chi connectivity index (χ2v) is 3.51. The smallest absolute Gasteiger partial charge is 0.221 e. The van der Waals surface area contributed by atoms with Gasteiger partial charge in [0.15, 0.2) is 5.65 Å². The summed E-state index contributed by atoms with van der Waals surface area (Å²) >= 11 is 0. The third kappa shape index (κ3) is 1.52. The Labute approximate surface area is 97.7 Å². The maximum atomic E-state index is 5.24. The fourth-order valence-electron chi connectivity index (χ4n) is 1.78. The molecule has 0 saturated carbocycles. The Morgan fingerprint density at radius 1 is 1.12 bits per heavy atom. The van der Waals surface area contributed by atoms with Gasteiger partial charge in [0.1, 0.15) is 0 Å². The first-order valence-corrected chi connectivity index (χ1v) is 5.18. The zero-order chi connectivity index (χ0) is 11.7. The summed E-state index contributed by atoms with van der Waals surface area (Å²) < 4.78 is 6.97. The summed E-state index contributed by atoms with van der Waals surface area (Å²) in [5.41, 5.74) is 2.60. The molecule has 0 aliphatic rings. The predicted octanol–water partition coefficient (Wildman–Crippen LogP) is 1.80. The highest BCUT2D eigenvalue weighted by atomic mass is 16.5. The molecule has 3 heterocycles. The van der Waals surface area contributed by atoms with E-state index >= 15 is 0 Å². The first-order valence-electron chi connectivity index (χ1n) is 5.18. The van der Waals surface area contributed by atoms with Crippen LogP contribution in [-0.4, -0.2) is 26.7 Å². The number of hydrogen-bond acceptors (Lipinski definition) is 4. The van der Waals surface area contributed by atoms with E-state index in [1.54, 1.807) is 30.2 Å². The van der Waals surface area contributed by atoms with Gasteiger partial charge in [0.25, 0.3) is 0 Å². The van der Waals surface area contributed by atoms with E-state index in [2.05, 4.69) is 15.1 Å². The van der Waals surface area contributed by atoms with Crippen molar-refractivity contribution in [2.75, 3.05) is 7.11 Å². The minimum Gasteiger partial charge on any atom is -0.481 e. The van der Waals surface area contributed by atoms with Gasteiger partial charge in [0.05, 0.1) is 18.9 Å². The lowest BCUT2D eigenvalue weighted by Gasteiger charge is -2.04. The van der Waals surface area contributed by atoms with Crippen molar-refractivity contribution in [3.63, 3.8) is 0 Å². The molecular weight excluding hydrogens is 216 g/mol. The van der Waals surface area contributed by atoms with Crippen LogP contribution in [0.15, 0.2) is 43.0 Å². The summed E-state index contributed by atoms with van der Waals surface area (Å²) in [6.45, 7) is 0. The van der Waals surface area contributed by atoms with E-state index in [-0.39, 0.29) is 0 Å². The number of aromatic nitrogens is 4. The average molecular weight is 226 g/mol. The fraction of sp³-hybridized carbons (Fsp3) is 0.0833. The van der Waals surface area contributed by atoms with E-state index in [1.165, 1.54) is 0 Å². The van der Waals surface area contributed by atoms with Crippen LogP contribution >= 0.6 is 0 Å². The molecule has 0 saturated heterocycles. The molecule has 3 aromatic rings. The molecule has 84 valence electrons. The minimum atomic E-state index is 0.577. The van der Waals surface area contributed by atoms with Gasteiger partial charge in [0.2, 0.25) is 5.88 Å². The molecule has 3 aromatic heterocycles. The third-order valence-corrected chi connectivity index (χ3v) is 2.53. The highest BCUT2D eigenvalue weighted by molar-refractivity contribution is 5.79. The zero-order valence-electron chi connectivity index (χ0n) is 9.24. The fourth-order valence-corrected chi connectivity index (χ4v) is 1.78. The van der Waals surface area contributed by atoms with Gasteiger partial charge in [0, 0.05) is 24.2 Å². The minimum absolute atomic E-state index is 0.577. The van der Waals surface area contributed by atoms with Crippen LogP contribution in [0.3, 0.4) is 0 Å². The maximum absolute atomic E-state index is 5.24. The van der Waals surface area contributed by atoms with Crippen molar-refractivity contribution < 1.29 is 4.74 Å². The van der Waals surface area contributed by atoms with Gasteiger partial charge in [-0.25, -0.2) is 14.5 Å². The van der Waals surface area contributed by atoms with Crippen molar-refractivity contribution in [1.29, 1.82) is 0 Å². The first-order chi connectivity index (χ1) is 8.40. The molecule has 0 amide bonds. The van der Waals surface area contributed by atoms with Crippen molar-refractivity contribution in [1.82, 2.24) is 19.6 Å². The predicted molar refractivity (Wildman–Crippen MR) is 62.8 cm³/mol.